The van der Waals surface area contributed by atoms with Crippen molar-refractivity contribution in [2.24, 2.45) is 7.05 Å². The van der Waals surface area contributed by atoms with Crippen molar-refractivity contribution in [1.82, 2.24) is 20.0 Å². The summed E-state index contributed by atoms with van der Waals surface area (Å²) in [4.78, 5) is 2.50. The summed E-state index contributed by atoms with van der Waals surface area (Å²) in [5.41, 5.74) is 2.35. The van der Waals surface area contributed by atoms with Crippen LogP contribution in [-0.2, 0) is 18.3 Å². The summed E-state index contributed by atoms with van der Waals surface area (Å²) >= 11 is 6.08. The molecule has 3 rings (SSSR count). The van der Waals surface area contributed by atoms with Gasteiger partial charge in [0.15, 0.2) is 0 Å². The van der Waals surface area contributed by atoms with E-state index < -0.39 is 0 Å². The first-order valence-corrected chi connectivity index (χ1v) is 9.12. The standard InChI is InChI=1S/C19H27ClN4O/c1-19(2)14-24(8-9-25-19)18(16-4-6-17(20)7-5-16)12-21-10-15-11-22-23(3)13-15/h4-7,11,13,18,21H,8-10,12,14H2,1-3H3. The molecule has 0 aliphatic carbocycles. The molecule has 0 radical (unpaired) electrons. The SMILES string of the molecule is Cn1cc(CNCC(c2ccc(Cl)cc2)N2CCOC(C)(C)C2)cn1. The molecule has 6 heteroatoms. The number of hydrogen-bond donors (Lipinski definition) is 1. The van der Waals surface area contributed by atoms with Crippen molar-refractivity contribution in [3.05, 3.63) is 52.8 Å². The smallest absolute Gasteiger partial charge is 0.0753 e. The quantitative estimate of drug-likeness (QED) is 0.857. The summed E-state index contributed by atoms with van der Waals surface area (Å²) in [5.74, 6) is 0. The number of hydrogen-bond acceptors (Lipinski definition) is 4. The maximum absolute atomic E-state index is 6.08. The molecule has 1 aliphatic heterocycles. The Balaban J connectivity index is 1.70. The van der Waals surface area contributed by atoms with Crippen molar-refractivity contribution >= 4 is 11.6 Å². The van der Waals surface area contributed by atoms with E-state index in [4.69, 9.17) is 16.3 Å². The van der Waals surface area contributed by atoms with E-state index in [1.807, 2.05) is 36.3 Å². The van der Waals surface area contributed by atoms with Gasteiger partial charge in [-0.25, -0.2) is 0 Å². The predicted molar refractivity (Wildman–Crippen MR) is 101 cm³/mol. The third-order valence-electron chi connectivity index (χ3n) is 4.58. The van der Waals surface area contributed by atoms with Gasteiger partial charge < -0.3 is 10.1 Å². The van der Waals surface area contributed by atoms with Crippen molar-refractivity contribution in [3.8, 4) is 0 Å². The molecule has 1 atom stereocenters. The summed E-state index contributed by atoms with van der Waals surface area (Å²) in [6.45, 7) is 8.60. The number of nitrogens with zero attached hydrogens (tertiary/aromatic N) is 3. The summed E-state index contributed by atoms with van der Waals surface area (Å²) in [5, 5.41) is 8.58. The zero-order valence-electron chi connectivity index (χ0n) is 15.2. The number of benzene rings is 1. The van der Waals surface area contributed by atoms with Crippen LogP contribution in [0.3, 0.4) is 0 Å². The molecule has 5 nitrogen and oxygen atoms in total. The van der Waals surface area contributed by atoms with Crippen molar-refractivity contribution in [2.75, 3.05) is 26.2 Å². The van der Waals surface area contributed by atoms with Crippen molar-refractivity contribution in [3.63, 3.8) is 0 Å². The minimum Gasteiger partial charge on any atom is -0.373 e. The van der Waals surface area contributed by atoms with Crippen LogP contribution in [0.4, 0.5) is 0 Å². The van der Waals surface area contributed by atoms with E-state index >= 15 is 0 Å². The van der Waals surface area contributed by atoms with Crippen molar-refractivity contribution in [1.29, 1.82) is 0 Å². The molecule has 0 spiro atoms. The molecule has 25 heavy (non-hydrogen) atoms. The van der Waals surface area contributed by atoms with E-state index in [0.29, 0.717) is 0 Å². The Kier molecular flexibility index (Phi) is 5.79. The van der Waals surface area contributed by atoms with Gasteiger partial charge in [0, 0.05) is 56.1 Å². The Hall–Kier alpha value is -1.40. The van der Waals surface area contributed by atoms with E-state index in [1.54, 1.807) is 0 Å². The summed E-state index contributed by atoms with van der Waals surface area (Å²) < 4.78 is 7.71. The first-order chi connectivity index (χ1) is 11.9. The Bertz CT molecular complexity index is 683. The normalized spacial score (nSPS) is 19.0. The van der Waals surface area contributed by atoms with Gasteiger partial charge in [-0.05, 0) is 31.5 Å². The number of rotatable bonds is 6. The summed E-state index contributed by atoms with van der Waals surface area (Å²) in [7, 11) is 1.94. The highest BCUT2D eigenvalue weighted by atomic mass is 35.5. The molecule has 1 N–H and O–H groups in total. The molecular formula is C19H27ClN4O. The van der Waals surface area contributed by atoms with Crippen molar-refractivity contribution < 1.29 is 4.74 Å². The minimum absolute atomic E-state index is 0.119. The molecule has 1 aliphatic rings. The number of aromatic nitrogens is 2. The van der Waals surface area contributed by atoms with Crippen LogP contribution in [0.25, 0.3) is 0 Å². The Labute approximate surface area is 154 Å². The van der Waals surface area contributed by atoms with Crippen LogP contribution < -0.4 is 5.32 Å². The average molecular weight is 363 g/mol. The van der Waals surface area contributed by atoms with Crippen LogP contribution in [0.1, 0.15) is 31.0 Å². The highest BCUT2D eigenvalue weighted by Gasteiger charge is 2.31. The first-order valence-electron chi connectivity index (χ1n) is 8.75. The van der Waals surface area contributed by atoms with Crippen LogP contribution in [0, 0.1) is 0 Å². The molecule has 136 valence electrons. The highest BCUT2D eigenvalue weighted by molar-refractivity contribution is 6.30. The van der Waals surface area contributed by atoms with E-state index in [1.165, 1.54) is 11.1 Å². The molecule has 1 fully saturated rings. The van der Waals surface area contributed by atoms with E-state index in [9.17, 15) is 0 Å². The number of aryl methyl sites for hydroxylation is 1. The molecule has 1 aromatic heterocycles. The number of ether oxygens (including phenoxy) is 1. The van der Waals surface area contributed by atoms with E-state index in [-0.39, 0.29) is 11.6 Å². The fourth-order valence-electron chi connectivity index (χ4n) is 3.38. The van der Waals surface area contributed by atoms with Gasteiger partial charge in [-0.3, -0.25) is 9.58 Å². The molecule has 2 aromatic rings. The predicted octanol–water partition coefficient (Wildman–Crippen LogP) is 3.02. The van der Waals surface area contributed by atoms with Gasteiger partial charge in [-0.1, -0.05) is 23.7 Å². The summed E-state index contributed by atoms with van der Waals surface area (Å²) in [6, 6.07) is 8.48. The van der Waals surface area contributed by atoms with Crippen LogP contribution in [-0.4, -0.2) is 46.5 Å². The van der Waals surface area contributed by atoms with Gasteiger partial charge in [0.1, 0.15) is 0 Å². The number of nitrogens with one attached hydrogen (secondary N) is 1. The van der Waals surface area contributed by atoms with Gasteiger partial charge in [0.05, 0.1) is 18.4 Å². The Morgan fingerprint density at radius 2 is 2.08 bits per heavy atom. The molecule has 1 saturated heterocycles. The largest absolute Gasteiger partial charge is 0.373 e. The van der Waals surface area contributed by atoms with Gasteiger partial charge in [0.25, 0.3) is 0 Å². The third-order valence-corrected chi connectivity index (χ3v) is 4.83. The van der Waals surface area contributed by atoms with Gasteiger partial charge in [-0.15, -0.1) is 0 Å². The van der Waals surface area contributed by atoms with Crippen LogP contribution in [0.5, 0.6) is 0 Å². The Morgan fingerprint density at radius 3 is 2.72 bits per heavy atom. The number of halogens is 1. The molecule has 0 saturated carbocycles. The lowest BCUT2D eigenvalue weighted by molar-refractivity contribution is -0.0974. The zero-order valence-corrected chi connectivity index (χ0v) is 16.0. The van der Waals surface area contributed by atoms with Crippen LogP contribution in [0.15, 0.2) is 36.7 Å². The third kappa shape index (κ3) is 5.05. The lowest BCUT2D eigenvalue weighted by Gasteiger charge is -2.42. The van der Waals surface area contributed by atoms with E-state index in [2.05, 4.69) is 41.3 Å². The minimum atomic E-state index is -0.119. The fourth-order valence-corrected chi connectivity index (χ4v) is 3.50. The van der Waals surface area contributed by atoms with Gasteiger partial charge >= 0.3 is 0 Å². The summed E-state index contributed by atoms with van der Waals surface area (Å²) in [6.07, 6.45) is 3.95. The molecule has 0 bridgehead atoms. The first kappa shape index (κ1) is 18.4. The van der Waals surface area contributed by atoms with Gasteiger partial charge in [-0.2, -0.15) is 5.10 Å². The molecule has 2 heterocycles. The second kappa shape index (κ2) is 7.87. The Morgan fingerprint density at radius 1 is 1.32 bits per heavy atom. The highest BCUT2D eigenvalue weighted by Crippen LogP contribution is 2.27. The van der Waals surface area contributed by atoms with Gasteiger partial charge in [0.2, 0.25) is 0 Å². The topological polar surface area (TPSA) is 42.3 Å². The number of morpholine rings is 1. The average Bonchev–Trinajstić information content (AvgIpc) is 2.97. The van der Waals surface area contributed by atoms with E-state index in [0.717, 1.165) is 37.8 Å². The van der Waals surface area contributed by atoms with Crippen LogP contribution >= 0.6 is 11.6 Å². The second-order valence-corrected chi connectivity index (χ2v) is 7.74. The lowest BCUT2D eigenvalue weighted by atomic mass is 10.0. The fraction of sp³-hybridized carbons (Fsp3) is 0.526. The molecule has 1 unspecified atom stereocenters. The monoisotopic (exact) mass is 362 g/mol. The van der Waals surface area contributed by atoms with Crippen molar-refractivity contribution in [2.45, 2.75) is 32.0 Å². The maximum atomic E-state index is 6.08. The molecular weight excluding hydrogens is 336 g/mol. The molecule has 1 aromatic carbocycles. The lowest BCUT2D eigenvalue weighted by Crippen LogP contribution is -2.51. The maximum Gasteiger partial charge on any atom is 0.0753 e. The zero-order chi connectivity index (χ0) is 17.9. The molecule has 0 amide bonds. The van der Waals surface area contributed by atoms with Crippen LogP contribution in [0.2, 0.25) is 5.02 Å². The second-order valence-electron chi connectivity index (χ2n) is 7.30.